The average molecular weight is 334 g/mol. The first kappa shape index (κ1) is 14.5. The fourth-order valence-corrected chi connectivity index (χ4v) is 2.47. The van der Waals surface area contributed by atoms with E-state index in [4.69, 9.17) is 15.9 Å². The van der Waals surface area contributed by atoms with Gasteiger partial charge in [-0.25, -0.2) is 0 Å². The second-order valence-electron chi connectivity index (χ2n) is 4.55. The van der Waals surface area contributed by atoms with Crippen LogP contribution in [0.2, 0.25) is 0 Å². The van der Waals surface area contributed by atoms with Gasteiger partial charge in [0.1, 0.15) is 18.2 Å². The van der Waals surface area contributed by atoms with Crippen LogP contribution in [0.15, 0.2) is 34.8 Å². The minimum atomic E-state index is -0.0285. The molecule has 0 spiro atoms. The summed E-state index contributed by atoms with van der Waals surface area (Å²) in [7, 11) is 0. The number of pyridine rings is 1. The molecule has 3 N–H and O–H groups in total. The largest absolute Gasteiger partial charge is 0.488 e. The molecule has 2 rings (SSSR count). The number of nitrogens with two attached hydrogens (primary N) is 1. The molecule has 0 aliphatic rings. The molecule has 104 valence electrons. The minimum Gasteiger partial charge on any atom is -0.488 e. The van der Waals surface area contributed by atoms with Gasteiger partial charge in [-0.15, -0.1) is 0 Å². The molecule has 0 aliphatic heterocycles. The first-order valence-electron chi connectivity index (χ1n) is 6.17. The molecule has 1 aromatic carbocycles. The molecule has 0 atom stereocenters. The van der Waals surface area contributed by atoms with Gasteiger partial charge in [-0.3, -0.25) is 10.4 Å². The number of hydrogen-bond acceptors (Lipinski definition) is 3. The number of nitrogens with zero attached hydrogens (tertiary/aromatic N) is 1. The van der Waals surface area contributed by atoms with Crippen molar-refractivity contribution in [2.24, 2.45) is 5.73 Å². The van der Waals surface area contributed by atoms with Gasteiger partial charge in [0.2, 0.25) is 0 Å². The maximum Gasteiger partial charge on any atom is 0.134 e. The molecule has 0 aliphatic carbocycles. The van der Waals surface area contributed by atoms with E-state index in [1.54, 1.807) is 0 Å². The monoisotopic (exact) mass is 333 g/mol. The summed E-state index contributed by atoms with van der Waals surface area (Å²) < 4.78 is 6.83. The fourth-order valence-electron chi connectivity index (χ4n) is 2.02. The SMILES string of the molecule is Cc1cc(OCc2cccc(Br)c2)c(C(=N)N)c(C)n1. The van der Waals surface area contributed by atoms with Gasteiger partial charge in [0.15, 0.2) is 0 Å². The predicted molar refractivity (Wildman–Crippen MR) is 83.2 cm³/mol. The van der Waals surface area contributed by atoms with Gasteiger partial charge in [-0.1, -0.05) is 28.1 Å². The molecule has 20 heavy (non-hydrogen) atoms. The van der Waals surface area contributed by atoms with Crippen LogP contribution in [0.4, 0.5) is 0 Å². The molecule has 1 aromatic heterocycles. The molecule has 0 amide bonds. The average Bonchev–Trinajstić information content (AvgIpc) is 2.35. The van der Waals surface area contributed by atoms with Gasteiger partial charge >= 0.3 is 0 Å². The molecule has 0 radical (unpaired) electrons. The van der Waals surface area contributed by atoms with Crippen molar-refractivity contribution in [3.8, 4) is 5.75 Å². The molecule has 5 heteroatoms. The predicted octanol–water partition coefficient (Wildman–Crippen LogP) is 3.32. The van der Waals surface area contributed by atoms with E-state index in [9.17, 15) is 0 Å². The quantitative estimate of drug-likeness (QED) is 0.665. The van der Waals surface area contributed by atoms with Gasteiger partial charge in [0, 0.05) is 16.2 Å². The summed E-state index contributed by atoms with van der Waals surface area (Å²) in [6.07, 6.45) is 0. The summed E-state index contributed by atoms with van der Waals surface area (Å²) in [6, 6.07) is 9.71. The molecule has 2 aromatic rings. The van der Waals surface area contributed by atoms with E-state index < -0.39 is 0 Å². The lowest BCUT2D eigenvalue weighted by molar-refractivity contribution is 0.304. The Morgan fingerprint density at radius 2 is 2.10 bits per heavy atom. The zero-order valence-corrected chi connectivity index (χ0v) is 13.0. The standard InChI is InChI=1S/C15H16BrN3O/c1-9-6-13(14(15(17)18)10(2)19-9)20-8-11-4-3-5-12(16)7-11/h3-7H,8H2,1-2H3,(H3,17,18). The summed E-state index contributed by atoms with van der Waals surface area (Å²) in [6.45, 7) is 4.14. The third-order valence-electron chi connectivity index (χ3n) is 2.84. The number of amidine groups is 1. The Morgan fingerprint density at radius 1 is 1.35 bits per heavy atom. The lowest BCUT2D eigenvalue weighted by atomic mass is 10.1. The third-order valence-corrected chi connectivity index (χ3v) is 3.34. The van der Waals surface area contributed by atoms with Crippen LogP contribution in [0.1, 0.15) is 22.5 Å². The first-order chi connectivity index (χ1) is 9.47. The highest BCUT2D eigenvalue weighted by Crippen LogP contribution is 2.23. The molecule has 0 saturated heterocycles. The van der Waals surface area contributed by atoms with Crippen molar-refractivity contribution in [3.63, 3.8) is 0 Å². The van der Waals surface area contributed by atoms with Crippen molar-refractivity contribution in [3.05, 3.63) is 57.3 Å². The van der Waals surface area contributed by atoms with Crippen LogP contribution in [0, 0.1) is 19.3 Å². The lowest BCUT2D eigenvalue weighted by Gasteiger charge is -2.13. The van der Waals surface area contributed by atoms with E-state index in [0.29, 0.717) is 23.6 Å². The Bertz CT molecular complexity index is 656. The molecule has 1 heterocycles. The van der Waals surface area contributed by atoms with E-state index in [1.165, 1.54) is 0 Å². The Hall–Kier alpha value is -1.88. The highest BCUT2D eigenvalue weighted by molar-refractivity contribution is 9.10. The van der Waals surface area contributed by atoms with Gasteiger partial charge in [0.05, 0.1) is 11.3 Å². The van der Waals surface area contributed by atoms with Gasteiger partial charge < -0.3 is 10.5 Å². The van der Waals surface area contributed by atoms with Crippen LogP contribution >= 0.6 is 15.9 Å². The molecular formula is C15H16BrN3O. The second-order valence-corrected chi connectivity index (χ2v) is 5.47. The van der Waals surface area contributed by atoms with Crippen LogP contribution in [-0.4, -0.2) is 10.8 Å². The summed E-state index contributed by atoms with van der Waals surface area (Å²) >= 11 is 3.43. The maximum atomic E-state index is 7.65. The van der Waals surface area contributed by atoms with E-state index in [2.05, 4.69) is 20.9 Å². The number of benzene rings is 1. The Balaban J connectivity index is 2.27. The highest BCUT2D eigenvalue weighted by atomic mass is 79.9. The van der Waals surface area contributed by atoms with E-state index in [1.807, 2.05) is 44.2 Å². The van der Waals surface area contributed by atoms with Crippen molar-refractivity contribution in [2.75, 3.05) is 0 Å². The molecule has 0 unspecified atom stereocenters. The first-order valence-corrected chi connectivity index (χ1v) is 6.96. The number of aryl methyl sites for hydroxylation is 2. The number of halogens is 1. The van der Waals surface area contributed by atoms with E-state index in [-0.39, 0.29) is 5.84 Å². The smallest absolute Gasteiger partial charge is 0.134 e. The van der Waals surface area contributed by atoms with Crippen LogP contribution in [0.25, 0.3) is 0 Å². The summed E-state index contributed by atoms with van der Waals surface area (Å²) in [5, 5.41) is 7.65. The van der Waals surface area contributed by atoms with Crippen LogP contribution in [-0.2, 0) is 6.61 Å². The van der Waals surface area contributed by atoms with Crippen molar-refractivity contribution in [2.45, 2.75) is 20.5 Å². The highest BCUT2D eigenvalue weighted by Gasteiger charge is 2.12. The van der Waals surface area contributed by atoms with Gasteiger partial charge in [0.25, 0.3) is 0 Å². The minimum absolute atomic E-state index is 0.0285. The van der Waals surface area contributed by atoms with Gasteiger partial charge in [-0.2, -0.15) is 0 Å². The van der Waals surface area contributed by atoms with Crippen LogP contribution in [0.3, 0.4) is 0 Å². The molecular weight excluding hydrogens is 318 g/mol. The Labute approximate surface area is 126 Å². The van der Waals surface area contributed by atoms with Crippen LogP contribution < -0.4 is 10.5 Å². The third kappa shape index (κ3) is 3.36. The topological polar surface area (TPSA) is 72.0 Å². The number of nitrogen functional groups attached to an aromatic ring is 1. The molecule has 4 nitrogen and oxygen atoms in total. The fraction of sp³-hybridized carbons (Fsp3) is 0.200. The number of ether oxygens (including phenoxy) is 1. The molecule has 0 saturated carbocycles. The van der Waals surface area contributed by atoms with Gasteiger partial charge in [-0.05, 0) is 31.5 Å². The van der Waals surface area contributed by atoms with E-state index >= 15 is 0 Å². The van der Waals surface area contributed by atoms with E-state index in [0.717, 1.165) is 15.7 Å². The molecule has 0 bridgehead atoms. The van der Waals surface area contributed by atoms with Crippen molar-refractivity contribution < 1.29 is 4.74 Å². The lowest BCUT2D eigenvalue weighted by Crippen LogP contribution is -2.16. The summed E-state index contributed by atoms with van der Waals surface area (Å²) in [4.78, 5) is 4.32. The number of nitrogens with one attached hydrogen (secondary N) is 1. The second kappa shape index (κ2) is 6.05. The Morgan fingerprint density at radius 3 is 2.75 bits per heavy atom. The normalized spacial score (nSPS) is 10.3. The summed E-state index contributed by atoms with van der Waals surface area (Å²) in [5.41, 5.74) is 8.77. The maximum absolute atomic E-state index is 7.65. The molecule has 0 fully saturated rings. The number of hydrogen-bond donors (Lipinski definition) is 2. The van der Waals surface area contributed by atoms with Crippen molar-refractivity contribution >= 4 is 21.8 Å². The number of aromatic nitrogens is 1. The number of rotatable bonds is 4. The van der Waals surface area contributed by atoms with Crippen molar-refractivity contribution in [1.29, 1.82) is 5.41 Å². The zero-order chi connectivity index (χ0) is 14.7. The summed E-state index contributed by atoms with van der Waals surface area (Å²) in [5.74, 6) is 0.571. The zero-order valence-electron chi connectivity index (χ0n) is 11.4. The van der Waals surface area contributed by atoms with Crippen LogP contribution in [0.5, 0.6) is 5.75 Å². The Kier molecular flexibility index (Phi) is 4.39. The van der Waals surface area contributed by atoms with Crippen molar-refractivity contribution in [1.82, 2.24) is 4.98 Å².